The van der Waals surface area contributed by atoms with Crippen molar-refractivity contribution in [3.8, 4) is 5.69 Å². The van der Waals surface area contributed by atoms with Crippen LogP contribution >= 0.6 is 15.9 Å². The smallest absolute Gasteiger partial charge is 0.311 e. The molecule has 1 aromatic carbocycles. The molecule has 0 bridgehead atoms. The second-order valence-corrected chi connectivity index (χ2v) is 4.03. The lowest BCUT2D eigenvalue weighted by Gasteiger charge is -2.14. The Morgan fingerprint density at radius 2 is 1.69 bits per heavy atom. The first kappa shape index (κ1) is 11.3. The van der Waals surface area contributed by atoms with Gasteiger partial charge < -0.3 is 4.57 Å². The quantitative estimate of drug-likeness (QED) is 0.739. The van der Waals surface area contributed by atoms with E-state index in [2.05, 4.69) is 15.9 Å². The summed E-state index contributed by atoms with van der Waals surface area (Å²) < 4.78 is 40.3. The summed E-state index contributed by atoms with van der Waals surface area (Å²) in [5.41, 5.74) is -0.529. The fourth-order valence-electron chi connectivity index (χ4n) is 1.48. The molecule has 5 heteroatoms. The van der Waals surface area contributed by atoms with Crippen LogP contribution < -0.4 is 0 Å². The molecule has 16 heavy (non-hydrogen) atoms. The Labute approximate surface area is 98.6 Å². The molecule has 0 amide bonds. The van der Waals surface area contributed by atoms with Crippen LogP contribution in [0.15, 0.2) is 47.2 Å². The number of benzene rings is 1. The van der Waals surface area contributed by atoms with E-state index in [0.29, 0.717) is 4.60 Å². The van der Waals surface area contributed by atoms with Gasteiger partial charge in [0.2, 0.25) is 0 Å². The molecule has 0 saturated heterocycles. The first-order chi connectivity index (χ1) is 7.50. The molecule has 0 atom stereocenters. The van der Waals surface area contributed by atoms with Crippen molar-refractivity contribution < 1.29 is 13.2 Å². The average molecular weight is 290 g/mol. The topological polar surface area (TPSA) is 4.93 Å². The van der Waals surface area contributed by atoms with E-state index in [4.69, 9.17) is 0 Å². The fraction of sp³-hybridized carbons (Fsp3) is 0.0909. The van der Waals surface area contributed by atoms with Crippen molar-refractivity contribution >= 4 is 15.9 Å². The monoisotopic (exact) mass is 289 g/mol. The zero-order valence-electron chi connectivity index (χ0n) is 8.00. The van der Waals surface area contributed by atoms with Crippen LogP contribution in [0.4, 0.5) is 13.2 Å². The Hall–Kier alpha value is -1.23. The molecule has 0 N–H and O–H groups in total. The molecule has 2 rings (SSSR count). The molecule has 0 saturated carbocycles. The number of aromatic nitrogens is 1. The third kappa shape index (κ3) is 2.00. The van der Waals surface area contributed by atoms with E-state index in [9.17, 15) is 13.2 Å². The lowest BCUT2D eigenvalue weighted by Crippen LogP contribution is -2.10. The maximum absolute atomic E-state index is 12.7. The summed E-state index contributed by atoms with van der Waals surface area (Å²) in [5.74, 6) is 0. The highest BCUT2D eigenvalue weighted by Crippen LogP contribution is 2.34. The molecule has 0 aliphatic carbocycles. The Morgan fingerprint density at radius 1 is 1.00 bits per heavy atom. The average Bonchev–Trinajstić information content (AvgIpc) is 2.63. The molecular formula is C11H7BrF3N. The molecule has 1 nitrogen and oxygen atoms in total. The molecule has 0 aliphatic heterocycles. The normalized spacial score (nSPS) is 11.8. The van der Waals surface area contributed by atoms with Gasteiger partial charge in [-0.05, 0) is 40.2 Å². The highest BCUT2D eigenvalue weighted by molar-refractivity contribution is 9.10. The van der Waals surface area contributed by atoms with Gasteiger partial charge in [0.1, 0.15) is 0 Å². The zero-order chi connectivity index (χ0) is 11.8. The standard InChI is InChI=1S/C11H7BrF3N/c12-10-6-3-7-16(10)9-5-2-1-4-8(9)11(13,14)15/h1-7H. The summed E-state index contributed by atoms with van der Waals surface area (Å²) in [6.45, 7) is 0. The summed E-state index contributed by atoms with van der Waals surface area (Å²) in [7, 11) is 0. The van der Waals surface area contributed by atoms with Gasteiger partial charge in [0.25, 0.3) is 0 Å². The number of para-hydroxylation sites is 1. The van der Waals surface area contributed by atoms with Gasteiger partial charge in [-0.3, -0.25) is 0 Å². The van der Waals surface area contributed by atoms with E-state index in [1.165, 1.54) is 16.7 Å². The van der Waals surface area contributed by atoms with E-state index in [-0.39, 0.29) is 5.69 Å². The Kier molecular flexibility index (Phi) is 2.80. The predicted molar refractivity (Wildman–Crippen MR) is 58.5 cm³/mol. The minimum Gasteiger partial charge on any atom is -0.311 e. The predicted octanol–water partition coefficient (Wildman–Crippen LogP) is 4.26. The summed E-state index contributed by atoms with van der Waals surface area (Å²) in [6, 6.07) is 8.83. The lowest BCUT2D eigenvalue weighted by atomic mass is 10.1. The second-order valence-electron chi connectivity index (χ2n) is 3.22. The maximum atomic E-state index is 12.7. The minimum absolute atomic E-state index is 0.117. The van der Waals surface area contributed by atoms with Crippen LogP contribution in [-0.4, -0.2) is 4.57 Å². The van der Waals surface area contributed by atoms with Crippen LogP contribution in [0.3, 0.4) is 0 Å². The first-order valence-electron chi connectivity index (χ1n) is 4.49. The molecule has 0 fully saturated rings. The van der Waals surface area contributed by atoms with E-state index < -0.39 is 11.7 Å². The number of alkyl halides is 3. The zero-order valence-corrected chi connectivity index (χ0v) is 9.59. The molecule has 0 unspecified atom stereocenters. The van der Waals surface area contributed by atoms with E-state index in [0.717, 1.165) is 6.07 Å². The van der Waals surface area contributed by atoms with Crippen LogP contribution in [-0.2, 0) is 6.18 Å². The maximum Gasteiger partial charge on any atom is 0.418 e. The Bertz CT molecular complexity index is 502. The first-order valence-corrected chi connectivity index (χ1v) is 5.29. The highest BCUT2D eigenvalue weighted by Gasteiger charge is 2.33. The van der Waals surface area contributed by atoms with Crippen molar-refractivity contribution in [2.75, 3.05) is 0 Å². The molecule has 0 spiro atoms. The number of nitrogens with zero attached hydrogens (tertiary/aromatic N) is 1. The second kappa shape index (κ2) is 3.97. The van der Waals surface area contributed by atoms with Crippen molar-refractivity contribution in [3.63, 3.8) is 0 Å². The number of hydrogen-bond donors (Lipinski definition) is 0. The summed E-state index contributed by atoms with van der Waals surface area (Å²) in [4.78, 5) is 0. The van der Waals surface area contributed by atoms with Gasteiger partial charge in [-0.1, -0.05) is 12.1 Å². The van der Waals surface area contributed by atoms with Gasteiger partial charge in [-0.15, -0.1) is 0 Å². The van der Waals surface area contributed by atoms with E-state index >= 15 is 0 Å². The van der Waals surface area contributed by atoms with E-state index in [1.807, 2.05) is 0 Å². The number of rotatable bonds is 1. The molecule has 84 valence electrons. The summed E-state index contributed by atoms with van der Waals surface area (Å²) in [5, 5.41) is 0. The third-order valence-electron chi connectivity index (χ3n) is 2.17. The van der Waals surface area contributed by atoms with Crippen LogP contribution in [0.5, 0.6) is 0 Å². The van der Waals surface area contributed by atoms with Crippen LogP contribution in [0.25, 0.3) is 5.69 Å². The van der Waals surface area contributed by atoms with E-state index in [1.54, 1.807) is 24.4 Å². The largest absolute Gasteiger partial charge is 0.418 e. The van der Waals surface area contributed by atoms with Gasteiger partial charge in [0, 0.05) is 6.20 Å². The molecule has 0 radical (unpaired) electrons. The minimum atomic E-state index is -4.35. The van der Waals surface area contributed by atoms with Crippen LogP contribution in [0.2, 0.25) is 0 Å². The number of halogens is 4. The summed E-state index contributed by atoms with van der Waals surface area (Å²) in [6.07, 6.45) is -2.77. The van der Waals surface area contributed by atoms with Crippen molar-refractivity contribution in [1.82, 2.24) is 4.57 Å². The van der Waals surface area contributed by atoms with Gasteiger partial charge in [-0.2, -0.15) is 13.2 Å². The van der Waals surface area contributed by atoms with Crippen molar-refractivity contribution in [2.45, 2.75) is 6.18 Å². The SMILES string of the molecule is FC(F)(F)c1ccccc1-n1cccc1Br. The highest BCUT2D eigenvalue weighted by atomic mass is 79.9. The van der Waals surface area contributed by atoms with Crippen molar-refractivity contribution in [2.24, 2.45) is 0 Å². The Morgan fingerprint density at radius 3 is 2.25 bits per heavy atom. The molecule has 1 heterocycles. The summed E-state index contributed by atoms with van der Waals surface area (Å²) >= 11 is 3.20. The van der Waals surface area contributed by atoms with Gasteiger partial charge in [-0.25, -0.2) is 0 Å². The van der Waals surface area contributed by atoms with Gasteiger partial charge >= 0.3 is 6.18 Å². The van der Waals surface area contributed by atoms with Crippen LogP contribution in [0.1, 0.15) is 5.56 Å². The van der Waals surface area contributed by atoms with Crippen molar-refractivity contribution in [3.05, 3.63) is 52.8 Å². The lowest BCUT2D eigenvalue weighted by molar-refractivity contribution is -0.137. The third-order valence-corrected chi connectivity index (χ3v) is 2.81. The molecular weight excluding hydrogens is 283 g/mol. The van der Waals surface area contributed by atoms with Gasteiger partial charge in [0.05, 0.1) is 15.9 Å². The fourth-order valence-corrected chi connectivity index (χ4v) is 1.94. The molecule has 2 aromatic rings. The van der Waals surface area contributed by atoms with Crippen molar-refractivity contribution in [1.29, 1.82) is 0 Å². The molecule has 1 aromatic heterocycles. The van der Waals surface area contributed by atoms with Gasteiger partial charge in [0.15, 0.2) is 0 Å². The number of hydrogen-bond acceptors (Lipinski definition) is 0. The Balaban J connectivity index is 2.62. The molecule has 0 aliphatic rings. The van der Waals surface area contributed by atoms with Crippen LogP contribution in [0, 0.1) is 0 Å².